The van der Waals surface area contributed by atoms with Crippen molar-refractivity contribution in [2.45, 2.75) is 30.7 Å². The van der Waals surface area contributed by atoms with Crippen molar-refractivity contribution in [3.05, 3.63) is 92.4 Å². The number of hydrogen-bond acceptors (Lipinski definition) is 3. The van der Waals surface area contributed by atoms with Crippen molar-refractivity contribution < 1.29 is 13.5 Å². The van der Waals surface area contributed by atoms with E-state index in [0.29, 0.717) is 24.4 Å². The van der Waals surface area contributed by atoms with Crippen LogP contribution in [0, 0.1) is 6.92 Å². The van der Waals surface area contributed by atoms with Crippen molar-refractivity contribution in [2.75, 3.05) is 6.54 Å². The molecule has 0 radical (unpaired) electrons. The molecule has 156 valence electrons. The summed E-state index contributed by atoms with van der Waals surface area (Å²) in [6.07, 6.45) is 1.02. The number of aryl methyl sites for hydroxylation is 1. The van der Waals surface area contributed by atoms with E-state index in [0.717, 1.165) is 26.7 Å². The smallest absolute Gasteiger partial charge is 0.243 e. The van der Waals surface area contributed by atoms with Crippen LogP contribution >= 0.6 is 27.5 Å². The molecule has 1 heterocycles. The molecule has 0 saturated carbocycles. The first-order chi connectivity index (χ1) is 14.3. The highest BCUT2D eigenvalue weighted by atomic mass is 79.9. The van der Waals surface area contributed by atoms with Crippen molar-refractivity contribution in [3.8, 4) is 5.75 Å². The molecule has 7 heteroatoms. The van der Waals surface area contributed by atoms with Gasteiger partial charge in [0.05, 0.1) is 10.9 Å². The number of rotatable bonds is 4. The van der Waals surface area contributed by atoms with Gasteiger partial charge in [0, 0.05) is 16.0 Å². The van der Waals surface area contributed by atoms with E-state index in [4.69, 9.17) is 11.6 Å². The summed E-state index contributed by atoms with van der Waals surface area (Å²) in [5.74, 6) is 0.124. The highest BCUT2D eigenvalue weighted by molar-refractivity contribution is 9.10. The summed E-state index contributed by atoms with van der Waals surface area (Å²) in [5.41, 5.74) is 3.78. The largest absolute Gasteiger partial charge is 0.508 e. The topological polar surface area (TPSA) is 57.6 Å². The number of phenols is 1. The number of hydrogen-bond donors (Lipinski definition) is 1. The zero-order chi connectivity index (χ0) is 21.5. The molecule has 4 rings (SSSR count). The number of fused-ring (bicyclic) bond motifs is 1. The van der Waals surface area contributed by atoms with Gasteiger partial charge < -0.3 is 5.11 Å². The second kappa shape index (κ2) is 8.35. The third-order valence-corrected chi connectivity index (χ3v) is 8.42. The number of aromatic hydroxyl groups is 1. The van der Waals surface area contributed by atoms with Crippen molar-refractivity contribution >= 4 is 37.6 Å². The van der Waals surface area contributed by atoms with E-state index < -0.39 is 16.1 Å². The van der Waals surface area contributed by atoms with Gasteiger partial charge in [-0.25, -0.2) is 8.42 Å². The number of phenolic OH excluding ortho intramolecular Hbond substituents is 1. The van der Waals surface area contributed by atoms with Gasteiger partial charge in [-0.1, -0.05) is 51.3 Å². The molecule has 0 spiro atoms. The lowest BCUT2D eigenvalue weighted by Gasteiger charge is -2.37. The van der Waals surface area contributed by atoms with Crippen LogP contribution in [0.15, 0.2) is 70.0 Å². The average molecular weight is 507 g/mol. The van der Waals surface area contributed by atoms with Gasteiger partial charge in [0.15, 0.2) is 0 Å². The third-order valence-electron chi connectivity index (χ3n) is 5.49. The fraction of sp³-hybridized carbons (Fsp3) is 0.217. The van der Waals surface area contributed by atoms with Crippen LogP contribution in [0.2, 0.25) is 5.02 Å². The van der Waals surface area contributed by atoms with Gasteiger partial charge >= 0.3 is 0 Å². The Bertz CT molecular complexity index is 1200. The van der Waals surface area contributed by atoms with E-state index in [1.807, 2.05) is 25.1 Å². The molecule has 3 aromatic carbocycles. The third kappa shape index (κ3) is 4.14. The highest BCUT2D eigenvalue weighted by Gasteiger charge is 2.37. The Hall–Kier alpha value is -1.86. The van der Waals surface area contributed by atoms with Gasteiger partial charge in [-0.15, -0.1) is 0 Å². The Morgan fingerprint density at radius 2 is 1.83 bits per heavy atom. The van der Waals surface area contributed by atoms with Crippen LogP contribution in [0.25, 0.3) is 0 Å². The van der Waals surface area contributed by atoms with E-state index in [9.17, 15) is 13.5 Å². The minimum atomic E-state index is -3.72. The Morgan fingerprint density at radius 3 is 2.57 bits per heavy atom. The standard InChI is InChI=1S/C23H21BrClNO3S/c1-15-2-7-20(8-3-15)30(28,29)26-11-10-16-4-6-19(27)14-21(16)23(26)13-17-12-18(25)5-9-22(17)24/h2-9,12,14,23,27H,10-11,13H2,1H3. The number of sulfonamides is 1. The molecule has 4 nitrogen and oxygen atoms in total. The summed E-state index contributed by atoms with van der Waals surface area (Å²) in [6.45, 7) is 2.30. The SMILES string of the molecule is Cc1ccc(S(=O)(=O)N2CCc3ccc(O)cc3C2Cc2cc(Cl)ccc2Br)cc1. The van der Waals surface area contributed by atoms with Gasteiger partial charge in [-0.3, -0.25) is 0 Å². The summed E-state index contributed by atoms with van der Waals surface area (Å²) >= 11 is 9.76. The molecule has 1 aliphatic heterocycles. The number of benzene rings is 3. The monoisotopic (exact) mass is 505 g/mol. The Kier molecular flexibility index (Phi) is 5.95. The second-order valence-corrected chi connectivity index (χ2v) is 10.7. The molecule has 1 unspecified atom stereocenters. The van der Waals surface area contributed by atoms with Gasteiger partial charge in [-0.2, -0.15) is 4.31 Å². The van der Waals surface area contributed by atoms with E-state index in [-0.39, 0.29) is 10.6 Å². The molecule has 1 atom stereocenters. The quantitative estimate of drug-likeness (QED) is 0.498. The van der Waals surface area contributed by atoms with Crippen LogP contribution in [-0.4, -0.2) is 24.4 Å². The number of nitrogens with zero attached hydrogens (tertiary/aromatic N) is 1. The maximum absolute atomic E-state index is 13.6. The van der Waals surface area contributed by atoms with Crippen LogP contribution in [-0.2, 0) is 22.9 Å². The predicted molar refractivity (Wildman–Crippen MR) is 122 cm³/mol. The maximum atomic E-state index is 13.6. The first kappa shape index (κ1) is 21.4. The highest BCUT2D eigenvalue weighted by Crippen LogP contribution is 2.39. The summed E-state index contributed by atoms with van der Waals surface area (Å²) < 4.78 is 29.6. The summed E-state index contributed by atoms with van der Waals surface area (Å²) in [6, 6.07) is 17.1. The molecular formula is C23H21BrClNO3S. The molecule has 1 aliphatic rings. The van der Waals surface area contributed by atoms with Crippen molar-refractivity contribution in [3.63, 3.8) is 0 Å². The Labute approximate surface area is 190 Å². The molecule has 3 aromatic rings. The minimum Gasteiger partial charge on any atom is -0.508 e. The molecular weight excluding hydrogens is 486 g/mol. The molecule has 0 fully saturated rings. The zero-order valence-corrected chi connectivity index (χ0v) is 19.5. The first-order valence-corrected chi connectivity index (χ1v) is 12.2. The number of halogens is 2. The average Bonchev–Trinajstić information content (AvgIpc) is 2.71. The fourth-order valence-corrected chi connectivity index (χ4v) is 6.12. The summed E-state index contributed by atoms with van der Waals surface area (Å²) in [7, 11) is -3.72. The lowest BCUT2D eigenvalue weighted by atomic mass is 9.90. The van der Waals surface area contributed by atoms with Crippen LogP contribution in [0.3, 0.4) is 0 Å². The van der Waals surface area contributed by atoms with E-state index in [1.54, 1.807) is 46.8 Å². The Morgan fingerprint density at radius 1 is 1.10 bits per heavy atom. The van der Waals surface area contributed by atoms with E-state index in [1.165, 1.54) is 0 Å². The van der Waals surface area contributed by atoms with E-state index >= 15 is 0 Å². The predicted octanol–water partition coefficient (Wildman–Crippen LogP) is 5.65. The van der Waals surface area contributed by atoms with Crippen molar-refractivity contribution in [2.24, 2.45) is 0 Å². The van der Waals surface area contributed by atoms with Gasteiger partial charge in [-0.05, 0) is 78.9 Å². The molecule has 0 saturated heterocycles. The van der Waals surface area contributed by atoms with Gasteiger partial charge in [0.1, 0.15) is 5.75 Å². The van der Waals surface area contributed by atoms with Gasteiger partial charge in [0.2, 0.25) is 10.0 Å². The lowest BCUT2D eigenvalue weighted by molar-refractivity contribution is 0.304. The molecule has 0 amide bonds. The molecule has 0 aliphatic carbocycles. The second-order valence-electron chi connectivity index (χ2n) is 7.52. The van der Waals surface area contributed by atoms with Crippen LogP contribution in [0.5, 0.6) is 5.75 Å². The van der Waals surface area contributed by atoms with E-state index in [2.05, 4.69) is 15.9 Å². The molecule has 30 heavy (non-hydrogen) atoms. The van der Waals surface area contributed by atoms with Crippen molar-refractivity contribution in [1.29, 1.82) is 0 Å². The van der Waals surface area contributed by atoms with Crippen molar-refractivity contribution in [1.82, 2.24) is 4.31 Å². The summed E-state index contributed by atoms with van der Waals surface area (Å²) in [4.78, 5) is 0.270. The normalized spacial score (nSPS) is 17.0. The zero-order valence-electron chi connectivity index (χ0n) is 16.3. The Balaban J connectivity index is 1.82. The fourth-order valence-electron chi connectivity index (χ4n) is 3.91. The summed E-state index contributed by atoms with van der Waals surface area (Å²) in [5, 5.41) is 10.7. The molecule has 0 bridgehead atoms. The van der Waals surface area contributed by atoms with Crippen LogP contribution in [0.4, 0.5) is 0 Å². The minimum absolute atomic E-state index is 0.124. The molecule has 1 N–H and O–H groups in total. The van der Waals surface area contributed by atoms with Gasteiger partial charge in [0.25, 0.3) is 0 Å². The lowest BCUT2D eigenvalue weighted by Crippen LogP contribution is -2.41. The molecule has 0 aromatic heterocycles. The van der Waals surface area contributed by atoms with Crippen LogP contribution in [0.1, 0.15) is 28.3 Å². The maximum Gasteiger partial charge on any atom is 0.243 e. The first-order valence-electron chi connectivity index (χ1n) is 9.60. The van der Waals surface area contributed by atoms with Crippen LogP contribution < -0.4 is 0 Å².